The molecule has 0 spiro atoms. The molecule has 0 fully saturated rings. The topological polar surface area (TPSA) is 3.24 Å². The summed E-state index contributed by atoms with van der Waals surface area (Å²) in [4.78, 5) is 2.30. The lowest BCUT2D eigenvalue weighted by molar-refractivity contribution is 1.28. The van der Waals surface area contributed by atoms with E-state index >= 15 is 0 Å². The smallest absolute Gasteiger partial charge is 0.0462 e. The van der Waals surface area contributed by atoms with E-state index in [4.69, 9.17) is 0 Å². The molecule has 0 bridgehead atoms. The molecule has 0 heterocycles. The van der Waals surface area contributed by atoms with Gasteiger partial charge in [0.1, 0.15) is 0 Å². The lowest BCUT2D eigenvalue weighted by Gasteiger charge is -2.26. The molecule has 6 aromatic carbocycles. The van der Waals surface area contributed by atoms with E-state index < -0.39 is 0 Å². The van der Waals surface area contributed by atoms with E-state index in [-0.39, 0.29) is 0 Å². The van der Waals surface area contributed by atoms with Crippen molar-refractivity contribution in [3.63, 3.8) is 0 Å². The second kappa shape index (κ2) is 17.5. The Balaban J connectivity index is 1.20. The van der Waals surface area contributed by atoms with Crippen LogP contribution in [0.5, 0.6) is 0 Å². The van der Waals surface area contributed by atoms with Gasteiger partial charge in [0.15, 0.2) is 0 Å². The summed E-state index contributed by atoms with van der Waals surface area (Å²) < 4.78 is 0. The van der Waals surface area contributed by atoms with E-state index in [1.807, 2.05) is 18.2 Å². The molecule has 0 aromatic heterocycles. The molecule has 0 aliphatic rings. The summed E-state index contributed by atoms with van der Waals surface area (Å²) >= 11 is 0. The fraction of sp³-hybridized carbons (Fsp3) is 0. The Hall–Kier alpha value is -6.44. The predicted octanol–water partition coefficient (Wildman–Crippen LogP) is 13.3. The summed E-state index contributed by atoms with van der Waals surface area (Å²) in [6.07, 6.45) is 25.2. The van der Waals surface area contributed by atoms with Gasteiger partial charge in [0.05, 0.1) is 0 Å². The summed E-state index contributed by atoms with van der Waals surface area (Å²) in [5.74, 6) is 0. The van der Waals surface area contributed by atoms with E-state index in [0.29, 0.717) is 0 Å². The average molecular weight is 630 g/mol. The zero-order valence-corrected chi connectivity index (χ0v) is 27.5. The van der Waals surface area contributed by atoms with E-state index in [2.05, 4.69) is 223 Å². The SMILES string of the molecule is C(/C=C/c1ccc(N(c2ccc(/C=C/C=C/c3ccccc3)cc2)c2ccc(/C=C/C=C/c3ccccc3)cc2)cc1)=C\c1ccccc1. The Kier molecular flexibility index (Phi) is 11.6. The minimum absolute atomic E-state index is 1.10. The van der Waals surface area contributed by atoms with Gasteiger partial charge in [0.2, 0.25) is 0 Å². The maximum Gasteiger partial charge on any atom is 0.0462 e. The van der Waals surface area contributed by atoms with Crippen LogP contribution in [-0.4, -0.2) is 0 Å². The molecule has 236 valence electrons. The molecule has 0 atom stereocenters. The summed E-state index contributed by atoms with van der Waals surface area (Å²) in [6.45, 7) is 0. The number of rotatable bonds is 12. The van der Waals surface area contributed by atoms with Crippen molar-refractivity contribution >= 4 is 53.5 Å². The van der Waals surface area contributed by atoms with Crippen molar-refractivity contribution in [1.82, 2.24) is 0 Å². The number of hydrogen-bond donors (Lipinski definition) is 0. The van der Waals surface area contributed by atoms with Gasteiger partial charge in [-0.15, -0.1) is 0 Å². The third-order valence-corrected chi connectivity index (χ3v) is 7.92. The van der Waals surface area contributed by atoms with Crippen molar-refractivity contribution in [1.29, 1.82) is 0 Å². The van der Waals surface area contributed by atoms with Crippen LogP contribution >= 0.6 is 0 Å². The Morgan fingerprint density at radius 3 is 0.653 bits per heavy atom. The molecule has 0 radical (unpaired) electrons. The number of allylic oxidation sites excluding steroid dienone is 6. The van der Waals surface area contributed by atoms with Gasteiger partial charge < -0.3 is 4.90 Å². The minimum atomic E-state index is 1.10. The van der Waals surface area contributed by atoms with Crippen molar-refractivity contribution in [2.24, 2.45) is 0 Å². The van der Waals surface area contributed by atoms with Gasteiger partial charge in [0, 0.05) is 17.1 Å². The first kappa shape index (κ1) is 32.5. The van der Waals surface area contributed by atoms with Crippen LogP contribution in [0.2, 0.25) is 0 Å². The Bertz CT molecular complexity index is 1800. The van der Waals surface area contributed by atoms with Crippen molar-refractivity contribution in [2.45, 2.75) is 0 Å². The predicted molar refractivity (Wildman–Crippen MR) is 215 cm³/mol. The Labute approximate surface area is 291 Å². The highest BCUT2D eigenvalue weighted by Crippen LogP contribution is 2.35. The minimum Gasteiger partial charge on any atom is -0.311 e. The molecule has 1 nitrogen and oxygen atoms in total. The van der Waals surface area contributed by atoms with E-state index in [9.17, 15) is 0 Å². The van der Waals surface area contributed by atoms with Crippen LogP contribution in [-0.2, 0) is 0 Å². The number of benzene rings is 6. The number of anilines is 3. The molecule has 6 aromatic rings. The normalized spacial score (nSPS) is 12.0. The zero-order valence-electron chi connectivity index (χ0n) is 27.5. The van der Waals surface area contributed by atoms with Crippen molar-refractivity contribution < 1.29 is 0 Å². The van der Waals surface area contributed by atoms with Crippen LogP contribution in [0.4, 0.5) is 17.1 Å². The third-order valence-electron chi connectivity index (χ3n) is 7.92. The molecule has 0 unspecified atom stereocenters. The highest BCUT2D eigenvalue weighted by atomic mass is 15.1. The fourth-order valence-corrected chi connectivity index (χ4v) is 5.34. The van der Waals surface area contributed by atoms with Crippen LogP contribution in [0.25, 0.3) is 36.5 Å². The molecule has 1 heteroatoms. The third kappa shape index (κ3) is 10.0. The molecule has 0 N–H and O–H groups in total. The summed E-state index contributed by atoms with van der Waals surface area (Å²) in [5.41, 5.74) is 10.3. The highest BCUT2D eigenvalue weighted by Gasteiger charge is 2.12. The van der Waals surface area contributed by atoms with Gasteiger partial charge in [-0.05, 0) is 69.8 Å². The van der Waals surface area contributed by atoms with Crippen molar-refractivity contribution in [3.8, 4) is 0 Å². The Morgan fingerprint density at radius 1 is 0.224 bits per heavy atom. The largest absolute Gasteiger partial charge is 0.311 e. The monoisotopic (exact) mass is 629 g/mol. The second-order valence-corrected chi connectivity index (χ2v) is 11.5. The summed E-state index contributed by atoms with van der Waals surface area (Å²) in [5, 5.41) is 0. The van der Waals surface area contributed by atoms with E-state index in [0.717, 1.165) is 33.8 Å². The van der Waals surface area contributed by atoms with Gasteiger partial charge in [0.25, 0.3) is 0 Å². The van der Waals surface area contributed by atoms with Gasteiger partial charge in [-0.25, -0.2) is 0 Å². The van der Waals surface area contributed by atoms with Gasteiger partial charge in [-0.1, -0.05) is 200 Å². The lowest BCUT2D eigenvalue weighted by Crippen LogP contribution is -2.09. The van der Waals surface area contributed by atoms with Gasteiger partial charge in [-0.2, -0.15) is 0 Å². The van der Waals surface area contributed by atoms with E-state index in [1.165, 1.54) is 16.7 Å². The summed E-state index contributed by atoms with van der Waals surface area (Å²) in [6, 6.07) is 57.2. The zero-order chi connectivity index (χ0) is 33.4. The summed E-state index contributed by atoms with van der Waals surface area (Å²) in [7, 11) is 0. The van der Waals surface area contributed by atoms with Crippen molar-refractivity contribution in [3.05, 3.63) is 234 Å². The van der Waals surface area contributed by atoms with Crippen LogP contribution in [0.1, 0.15) is 33.4 Å². The standard InChI is InChI=1S/C48H39N/c1-4-16-40(17-5-1)22-10-13-25-43-28-34-46(35-29-43)49(47-36-30-44(31-37-47)26-14-11-23-41-18-6-2-7-19-41)48-38-32-45(33-39-48)27-15-12-24-42-20-8-3-9-21-42/h1-39H/b22-10+,23-11+,24-12+,25-13+,26-14+,27-15+. The number of nitrogens with zero attached hydrogens (tertiary/aromatic N) is 1. The molecule has 6 rings (SSSR count). The van der Waals surface area contributed by atoms with E-state index in [1.54, 1.807) is 0 Å². The van der Waals surface area contributed by atoms with Crippen LogP contribution < -0.4 is 4.90 Å². The molecular weight excluding hydrogens is 591 g/mol. The maximum absolute atomic E-state index is 2.30. The molecule has 0 saturated carbocycles. The first-order valence-electron chi connectivity index (χ1n) is 16.6. The quantitative estimate of drug-likeness (QED) is 0.122. The molecule has 0 amide bonds. The number of hydrogen-bond acceptors (Lipinski definition) is 1. The Morgan fingerprint density at radius 2 is 0.429 bits per heavy atom. The average Bonchev–Trinajstić information content (AvgIpc) is 3.17. The maximum atomic E-state index is 2.30. The van der Waals surface area contributed by atoms with Gasteiger partial charge in [-0.3, -0.25) is 0 Å². The highest BCUT2D eigenvalue weighted by molar-refractivity contribution is 5.78. The van der Waals surface area contributed by atoms with Crippen LogP contribution in [0.3, 0.4) is 0 Å². The second-order valence-electron chi connectivity index (χ2n) is 11.5. The molecule has 49 heavy (non-hydrogen) atoms. The van der Waals surface area contributed by atoms with Crippen molar-refractivity contribution in [2.75, 3.05) is 4.90 Å². The van der Waals surface area contributed by atoms with Crippen LogP contribution in [0, 0.1) is 0 Å². The lowest BCUT2D eigenvalue weighted by atomic mass is 10.1. The molecule has 0 saturated heterocycles. The molecular formula is C48H39N. The fourth-order valence-electron chi connectivity index (χ4n) is 5.34. The first-order chi connectivity index (χ1) is 24.3. The molecule has 0 aliphatic heterocycles. The van der Waals surface area contributed by atoms with Crippen LogP contribution in [0.15, 0.2) is 200 Å². The van der Waals surface area contributed by atoms with Gasteiger partial charge >= 0.3 is 0 Å². The first-order valence-corrected chi connectivity index (χ1v) is 16.6. The molecule has 0 aliphatic carbocycles.